The summed E-state index contributed by atoms with van der Waals surface area (Å²) in [5, 5.41) is 123. The molecular formula is C44H30O24. The van der Waals surface area contributed by atoms with Gasteiger partial charge in [-0.25, -0.2) is 28.8 Å². The Kier molecular flexibility index (Phi) is 12.8. The van der Waals surface area contributed by atoms with Gasteiger partial charge in [-0.1, -0.05) is 0 Å². The van der Waals surface area contributed by atoms with Gasteiger partial charge < -0.3 is 89.7 Å². The van der Waals surface area contributed by atoms with Crippen molar-refractivity contribution >= 4 is 35.8 Å². The average Bonchev–Trinajstić information content (AvgIpc) is 3.29. The smallest absolute Gasteiger partial charge is 0.343 e. The van der Waals surface area contributed by atoms with Gasteiger partial charge in [0.25, 0.3) is 0 Å². The van der Waals surface area contributed by atoms with Crippen LogP contribution in [0.25, 0.3) is 0 Å². The number of benzene rings is 6. The lowest BCUT2D eigenvalue weighted by Crippen LogP contribution is -2.14. The van der Waals surface area contributed by atoms with Crippen LogP contribution in [0.5, 0.6) is 97.7 Å². The summed E-state index contributed by atoms with van der Waals surface area (Å²) in [6.45, 7) is 1.35. The molecule has 24 nitrogen and oxygen atoms in total. The fourth-order valence-electron chi connectivity index (χ4n) is 5.73. The van der Waals surface area contributed by atoms with Gasteiger partial charge in [-0.2, -0.15) is 0 Å². The van der Waals surface area contributed by atoms with Crippen LogP contribution < -0.4 is 23.7 Å². The van der Waals surface area contributed by atoms with Crippen molar-refractivity contribution in [2.24, 2.45) is 0 Å². The predicted octanol–water partition coefficient (Wildman–Crippen LogP) is 4.34. The van der Waals surface area contributed by atoms with Crippen molar-refractivity contribution in [1.82, 2.24) is 0 Å². The van der Waals surface area contributed by atoms with E-state index >= 15 is 0 Å². The maximum Gasteiger partial charge on any atom is 0.343 e. The number of aryl methyl sites for hydroxylation is 1. The second kappa shape index (κ2) is 18.5. The molecule has 6 aromatic carbocycles. The van der Waals surface area contributed by atoms with Crippen molar-refractivity contribution in [2.45, 2.75) is 6.92 Å². The molecule has 0 heterocycles. The normalized spacial score (nSPS) is 10.7. The SMILES string of the molecule is COC(=O)c1cc(O)c(O)c(OC(=O)c2cc(O)c(O)c(OC(=O)c3cc(O)c(O)c(OC(=O)c4cc(O)c(O)c(OC(=O)c5cc(O)c(O)c(OC(=O)c6cc(C)c(O)c(O)c6)c5)c4)c3)c2)c1. The number of hydrogen-bond acceptors (Lipinski definition) is 24. The van der Waals surface area contributed by atoms with Crippen molar-refractivity contribution in [3.8, 4) is 97.7 Å². The second-order valence-corrected chi connectivity index (χ2v) is 13.8. The first-order valence-electron chi connectivity index (χ1n) is 18.5. The maximum atomic E-state index is 13.3. The molecular weight excluding hydrogens is 912 g/mol. The highest BCUT2D eigenvalue weighted by Crippen LogP contribution is 2.44. The van der Waals surface area contributed by atoms with Crippen molar-refractivity contribution in [1.29, 1.82) is 0 Å². The fourth-order valence-corrected chi connectivity index (χ4v) is 5.73. The zero-order chi connectivity index (χ0) is 50.0. The molecule has 6 aromatic rings. The highest BCUT2D eigenvalue weighted by Gasteiger charge is 2.27. The van der Waals surface area contributed by atoms with E-state index in [0.717, 1.165) is 31.4 Å². The van der Waals surface area contributed by atoms with E-state index in [4.69, 9.17) is 23.7 Å². The molecule has 0 aliphatic rings. The van der Waals surface area contributed by atoms with Gasteiger partial charge in [0.1, 0.15) is 0 Å². The van der Waals surface area contributed by atoms with E-state index in [1.807, 2.05) is 0 Å². The summed E-state index contributed by atoms with van der Waals surface area (Å²) >= 11 is 0. The third-order valence-electron chi connectivity index (χ3n) is 9.17. The molecule has 24 heteroatoms. The number of phenols is 12. The molecule has 6 rings (SSSR count). The van der Waals surface area contributed by atoms with E-state index in [2.05, 4.69) is 4.74 Å². The Hall–Kier alpha value is -10.3. The third kappa shape index (κ3) is 9.62. The van der Waals surface area contributed by atoms with Gasteiger partial charge >= 0.3 is 35.8 Å². The van der Waals surface area contributed by atoms with Gasteiger partial charge in [-0.05, 0) is 85.3 Å². The molecule has 0 spiro atoms. The van der Waals surface area contributed by atoms with Crippen LogP contribution in [0, 0.1) is 6.92 Å². The lowest BCUT2D eigenvalue weighted by molar-refractivity contribution is 0.0595. The van der Waals surface area contributed by atoms with Crippen molar-refractivity contribution in [3.63, 3.8) is 0 Å². The summed E-state index contributed by atoms with van der Waals surface area (Å²) in [7, 11) is 1.01. The van der Waals surface area contributed by atoms with Gasteiger partial charge in [0, 0.05) is 0 Å². The first-order valence-corrected chi connectivity index (χ1v) is 18.5. The van der Waals surface area contributed by atoms with Crippen LogP contribution in [0.4, 0.5) is 0 Å². The zero-order valence-electron chi connectivity index (χ0n) is 34.2. The number of phenolic OH excluding ortho intramolecular Hbond substituents is 12. The average molecular weight is 943 g/mol. The van der Waals surface area contributed by atoms with E-state index in [9.17, 15) is 90.0 Å². The minimum atomic E-state index is -1.53. The van der Waals surface area contributed by atoms with Crippen LogP contribution >= 0.6 is 0 Å². The summed E-state index contributed by atoms with van der Waals surface area (Å²) < 4.78 is 29.8. The van der Waals surface area contributed by atoms with Crippen molar-refractivity contribution in [2.75, 3.05) is 7.11 Å². The van der Waals surface area contributed by atoms with Gasteiger partial charge in [-0.15, -0.1) is 0 Å². The standard InChI is InChI=1S/C44H30O24/c1-15-3-16(4-22(45)33(15)51)40(58)64-29-11-18(6-24(47)35(29)53)42(60)66-31-13-20(8-26(49)37(31)55)44(62)68-32-14-21(9-27(50)38(32)56)43(61)67-30-12-19(7-25(48)36(30)54)41(59)65-28-10-17(39(57)63-2)5-23(46)34(28)52/h3-14,45-56H,1-2H3. The molecule has 68 heavy (non-hydrogen) atoms. The molecule has 0 fully saturated rings. The van der Waals surface area contributed by atoms with E-state index in [0.29, 0.717) is 48.5 Å². The van der Waals surface area contributed by atoms with Gasteiger partial charge in [-0.3, -0.25) is 0 Å². The molecule has 12 N–H and O–H groups in total. The Morgan fingerprint density at radius 2 is 0.485 bits per heavy atom. The molecule has 0 aromatic heterocycles. The van der Waals surface area contributed by atoms with Gasteiger partial charge in [0.15, 0.2) is 69.0 Å². The molecule has 0 amide bonds. The number of esters is 6. The number of aromatic hydroxyl groups is 12. The quantitative estimate of drug-likeness (QED) is 0.0488. The number of carbonyl (C=O) groups excluding carboxylic acids is 6. The molecule has 0 atom stereocenters. The second-order valence-electron chi connectivity index (χ2n) is 13.8. The molecule has 0 unspecified atom stereocenters. The first-order chi connectivity index (χ1) is 32.0. The van der Waals surface area contributed by atoms with Crippen LogP contribution in [0.1, 0.15) is 67.7 Å². The molecule has 0 saturated carbocycles. The minimum absolute atomic E-state index is 0.0591. The number of methoxy groups -OCH3 is 1. The number of rotatable bonds is 11. The lowest BCUT2D eigenvalue weighted by Gasteiger charge is -2.14. The van der Waals surface area contributed by atoms with E-state index < -0.39 is 156 Å². The molecule has 0 radical (unpaired) electrons. The Bertz CT molecular complexity index is 3110. The van der Waals surface area contributed by atoms with Gasteiger partial charge in [0.05, 0.1) is 40.5 Å². The van der Waals surface area contributed by atoms with Crippen LogP contribution in [0.3, 0.4) is 0 Å². The highest BCUT2D eigenvalue weighted by atomic mass is 16.6. The van der Waals surface area contributed by atoms with E-state index in [1.165, 1.54) is 6.92 Å². The molecule has 0 aliphatic heterocycles. The highest BCUT2D eigenvalue weighted by molar-refractivity contribution is 5.99. The topological polar surface area (TPSA) is 401 Å². The first kappa shape index (κ1) is 47.2. The maximum absolute atomic E-state index is 13.3. The molecule has 0 saturated heterocycles. The summed E-state index contributed by atoms with van der Waals surface area (Å²) in [5.41, 5.74) is -3.43. The monoisotopic (exact) mass is 942 g/mol. The van der Waals surface area contributed by atoms with Crippen LogP contribution in [0.2, 0.25) is 0 Å². The molecule has 0 aliphatic carbocycles. The van der Waals surface area contributed by atoms with E-state index in [1.54, 1.807) is 0 Å². The number of ether oxygens (including phenoxy) is 6. The Balaban J connectivity index is 1.20. The summed E-state index contributed by atoms with van der Waals surface area (Å²) in [6.07, 6.45) is 0. The zero-order valence-corrected chi connectivity index (χ0v) is 34.2. The minimum Gasteiger partial charge on any atom is -0.504 e. The van der Waals surface area contributed by atoms with E-state index in [-0.39, 0.29) is 16.7 Å². The fraction of sp³-hybridized carbons (Fsp3) is 0.0455. The van der Waals surface area contributed by atoms with Crippen molar-refractivity contribution < 1.29 is 118 Å². The van der Waals surface area contributed by atoms with Crippen LogP contribution in [-0.4, -0.2) is 104 Å². The summed E-state index contributed by atoms with van der Waals surface area (Å²) in [4.78, 5) is 77.4. The summed E-state index contributed by atoms with van der Waals surface area (Å²) in [6, 6.07) is 8.61. The van der Waals surface area contributed by atoms with Gasteiger partial charge in [0.2, 0.25) is 28.7 Å². The Labute approximate surface area is 377 Å². The lowest BCUT2D eigenvalue weighted by atomic mass is 10.1. The molecule has 0 bridgehead atoms. The number of hydrogen-bond donors (Lipinski definition) is 12. The van der Waals surface area contributed by atoms with Crippen LogP contribution in [-0.2, 0) is 4.74 Å². The number of carbonyl (C=O) groups is 6. The van der Waals surface area contributed by atoms with Crippen molar-refractivity contribution in [3.05, 3.63) is 112 Å². The third-order valence-corrected chi connectivity index (χ3v) is 9.17. The predicted molar refractivity (Wildman–Crippen MR) is 219 cm³/mol. The summed E-state index contributed by atoms with van der Waals surface area (Å²) in [5.74, 6) is -24.5. The Morgan fingerprint density at radius 3 is 0.691 bits per heavy atom. The van der Waals surface area contributed by atoms with Crippen LogP contribution in [0.15, 0.2) is 72.8 Å². The largest absolute Gasteiger partial charge is 0.504 e. The molecule has 350 valence electrons. The Morgan fingerprint density at radius 1 is 0.294 bits per heavy atom.